The summed E-state index contributed by atoms with van der Waals surface area (Å²) >= 11 is 0. The molecule has 0 spiro atoms. The highest BCUT2D eigenvalue weighted by molar-refractivity contribution is 5.97. The quantitative estimate of drug-likeness (QED) is 0.476. The first kappa shape index (κ1) is 21.7. The summed E-state index contributed by atoms with van der Waals surface area (Å²) in [5, 5.41) is 0.889. The third kappa shape index (κ3) is 3.90. The fourth-order valence-corrected chi connectivity index (χ4v) is 4.63. The fraction of sp³-hybridized carbons (Fsp3) is 0.222. The summed E-state index contributed by atoms with van der Waals surface area (Å²) in [7, 11) is 1.35. The smallest absolute Gasteiger partial charge is 0.337 e. The second-order valence-corrected chi connectivity index (χ2v) is 8.65. The van der Waals surface area contributed by atoms with Crippen molar-refractivity contribution in [2.24, 2.45) is 0 Å². The van der Waals surface area contributed by atoms with Gasteiger partial charge in [0.1, 0.15) is 5.56 Å². The van der Waals surface area contributed by atoms with Crippen LogP contribution in [0.2, 0.25) is 0 Å². The third-order valence-corrected chi connectivity index (χ3v) is 6.37. The zero-order valence-corrected chi connectivity index (χ0v) is 19.1. The summed E-state index contributed by atoms with van der Waals surface area (Å²) in [6, 6.07) is 16.7. The maximum atomic E-state index is 13.4. The van der Waals surface area contributed by atoms with Crippen molar-refractivity contribution in [1.82, 2.24) is 14.5 Å². The number of hydrogen-bond donors (Lipinski definition) is 1. The first-order valence-electron chi connectivity index (χ1n) is 11.2. The molecule has 1 aliphatic rings. The monoisotopic (exact) mass is 455 g/mol. The number of ether oxygens (including phenoxy) is 1. The van der Waals surface area contributed by atoms with Crippen molar-refractivity contribution in [2.45, 2.75) is 26.4 Å². The molecule has 0 atom stereocenters. The minimum atomic E-state index is -0.404. The van der Waals surface area contributed by atoms with E-state index in [-0.39, 0.29) is 17.0 Å². The number of aryl methyl sites for hydroxylation is 1. The van der Waals surface area contributed by atoms with E-state index in [1.165, 1.54) is 7.11 Å². The summed E-state index contributed by atoms with van der Waals surface area (Å²) in [4.78, 5) is 43.6. The van der Waals surface area contributed by atoms with Crippen molar-refractivity contribution < 1.29 is 14.3 Å². The van der Waals surface area contributed by atoms with Gasteiger partial charge in [0, 0.05) is 47.9 Å². The lowest BCUT2D eigenvalue weighted by atomic mass is 10.0. The van der Waals surface area contributed by atoms with Crippen LogP contribution in [-0.4, -0.2) is 40.0 Å². The van der Waals surface area contributed by atoms with E-state index in [2.05, 4.69) is 4.98 Å². The van der Waals surface area contributed by atoms with Gasteiger partial charge in [0.15, 0.2) is 0 Å². The van der Waals surface area contributed by atoms with Gasteiger partial charge < -0.3 is 19.2 Å². The van der Waals surface area contributed by atoms with Crippen LogP contribution < -0.4 is 5.56 Å². The van der Waals surface area contributed by atoms with E-state index in [1.54, 1.807) is 39.9 Å². The summed E-state index contributed by atoms with van der Waals surface area (Å²) < 4.78 is 6.42. The Morgan fingerprint density at radius 3 is 2.74 bits per heavy atom. The molecular weight excluding hydrogens is 430 g/mol. The molecule has 0 saturated carbocycles. The van der Waals surface area contributed by atoms with Gasteiger partial charge >= 0.3 is 5.97 Å². The number of H-pyrrole nitrogens is 1. The molecule has 5 rings (SSSR count). The molecule has 1 aliphatic heterocycles. The molecule has 0 unspecified atom stereocenters. The Morgan fingerprint density at radius 2 is 1.94 bits per heavy atom. The Morgan fingerprint density at radius 1 is 1.09 bits per heavy atom. The van der Waals surface area contributed by atoms with Crippen molar-refractivity contribution in [3.05, 3.63) is 105 Å². The maximum Gasteiger partial charge on any atom is 0.337 e. The van der Waals surface area contributed by atoms with Crippen LogP contribution in [0.15, 0.2) is 65.6 Å². The summed E-state index contributed by atoms with van der Waals surface area (Å²) in [6.45, 7) is 3.29. The number of pyridine rings is 1. The van der Waals surface area contributed by atoms with E-state index in [9.17, 15) is 14.4 Å². The molecule has 1 amide bonds. The molecule has 0 saturated heterocycles. The number of benzene rings is 2. The van der Waals surface area contributed by atoms with Crippen molar-refractivity contribution in [1.29, 1.82) is 0 Å². The molecule has 2 aromatic carbocycles. The first-order valence-corrected chi connectivity index (χ1v) is 11.2. The minimum absolute atomic E-state index is 0.161. The van der Waals surface area contributed by atoms with E-state index in [1.807, 2.05) is 37.3 Å². The van der Waals surface area contributed by atoms with E-state index >= 15 is 0 Å². The lowest BCUT2D eigenvalue weighted by molar-refractivity contribution is 0.0600. The molecule has 1 N–H and O–H groups in total. The van der Waals surface area contributed by atoms with Crippen molar-refractivity contribution in [2.75, 3.05) is 13.7 Å². The lowest BCUT2D eigenvalue weighted by Crippen LogP contribution is -2.39. The summed E-state index contributed by atoms with van der Waals surface area (Å²) in [5.74, 6) is -0.688. The molecule has 4 aromatic rings. The van der Waals surface area contributed by atoms with E-state index in [4.69, 9.17) is 4.74 Å². The highest BCUT2D eigenvalue weighted by atomic mass is 16.5. The zero-order chi connectivity index (χ0) is 23.8. The molecular formula is C27H25N3O4. The topological polar surface area (TPSA) is 84.4 Å². The third-order valence-electron chi connectivity index (χ3n) is 6.37. The van der Waals surface area contributed by atoms with Crippen LogP contribution >= 0.6 is 0 Å². The van der Waals surface area contributed by atoms with Crippen LogP contribution in [0.25, 0.3) is 10.9 Å². The molecule has 3 heterocycles. The molecule has 0 radical (unpaired) electrons. The highest BCUT2D eigenvalue weighted by Gasteiger charge is 2.27. The number of nitrogens with one attached hydrogen (secondary N) is 1. The SMILES string of the molecule is COC(=O)c1ccc2[nH]c3c(c2c1)CN(C(=O)c1cccn(Cc2cccc(C)c2)c1=O)CC3. The van der Waals surface area contributed by atoms with Crippen LogP contribution in [0.1, 0.15) is 43.1 Å². The number of aromatic nitrogens is 2. The molecule has 2 aromatic heterocycles. The molecule has 34 heavy (non-hydrogen) atoms. The number of nitrogens with zero attached hydrogens (tertiary/aromatic N) is 2. The van der Waals surface area contributed by atoms with Gasteiger partial charge in [-0.2, -0.15) is 0 Å². The second kappa shape index (κ2) is 8.67. The van der Waals surface area contributed by atoms with Gasteiger partial charge in [-0.05, 0) is 42.8 Å². The Kier molecular flexibility index (Phi) is 5.53. The molecule has 7 nitrogen and oxygen atoms in total. The number of aromatic amines is 1. The molecule has 0 fully saturated rings. The van der Waals surface area contributed by atoms with Crippen LogP contribution in [-0.2, 0) is 24.2 Å². The largest absolute Gasteiger partial charge is 0.465 e. The number of carbonyl (C=O) groups is 2. The zero-order valence-electron chi connectivity index (χ0n) is 19.1. The number of methoxy groups -OCH3 is 1. The Labute approximate surface area is 196 Å². The van der Waals surface area contributed by atoms with Crippen molar-refractivity contribution in [3.63, 3.8) is 0 Å². The van der Waals surface area contributed by atoms with Gasteiger partial charge in [-0.3, -0.25) is 9.59 Å². The van der Waals surface area contributed by atoms with Crippen molar-refractivity contribution >= 4 is 22.8 Å². The van der Waals surface area contributed by atoms with Gasteiger partial charge in [-0.1, -0.05) is 29.8 Å². The maximum absolute atomic E-state index is 13.4. The van der Waals surface area contributed by atoms with Crippen LogP contribution in [0.3, 0.4) is 0 Å². The number of esters is 1. The van der Waals surface area contributed by atoms with E-state index < -0.39 is 5.97 Å². The number of fused-ring (bicyclic) bond motifs is 3. The standard InChI is InChI=1S/C27H25N3O4/c1-17-5-3-6-18(13-17)15-29-11-4-7-20(25(29)31)26(32)30-12-10-24-22(16-30)21-14-19(27(33)34-2)8-9-23(21)28-24/h3-9,11,13-14,28H,10,12,15-16H2,1-2H3. The summed E-state index contributed by atoms with van der Waals surface area (Å²) in [6.07, 6.45) is 2.36. The highest BCUT2D eigenvalue weighted by Crippen LogP contribution is 2.29. The van der Waals surface area contributed by atoms with Crippen LogP contribution in [0, 0.1) is 6.92 Å². The normalized spacial score (nSPS) is 13.1. The average molecular weight is 456 g/mol. The Bertz CT molecular complexity index is 1480. The number of carbonyl (C=O) groups excluding carboxylic acids is 2. The molecule has 7 heteroatoms. The molecule has 0 bridgehead atoms. The van der Waals surface area contributed by atoms with Crippen LogP contribution in [0.5, 0.6) is 0 Å². The van der Waals surface area contributed by atoms with E-state index in [0.29, 0.717) is 31.6 Å². The predicted octanol–water partition coefficient (Wildman–Crippen LogP) is 3.67. The first-order chi connectivity index (χ1) is 16.4. The van der Waals surface area contributed by atoms with Gasteiger partial charge in [-0.15, -0.1) is 0 Å². The minimum Gasteiger partial charge on any atom is -0.465 e. The summed E-state index contributed by atoms with van der Waals surface area (Å²) in [5.41, 5.74) is 5.38. The number of amides is 1. The Balaban J connectivity index is 1.44. The molecule has 172 valence electrons. The van der Waals surface area contributed by atoms with Gasteiger partial charge in [0.05, 0.1) is 19.2 Å². The van der Waals surface area contributed by atoms with Crippen LogP contribution in [0.4, 0.5) is 0 Å². The van der Waals surface area contributed by atoms with E-state index in [0.717, 1.165) is 33.3 Å². The second-order valence-electron chi connectivity index (χ2n) is 8.65. The molecule has 0 aliphatic carbocycles. The number of hydrogen-bond acceptors (Lipinski definition) is 4. The van der Waals surface area contributed by atoms with Gasteiger partial charge in [-0.25, -0.2) is 4.79 Å². The lowest BCUT2D eigenvalue weighted by Gasteiger charge is -2.27. The Hall–Kier alpha value is -4.13. The van der Waals surface area contributed by atoms with Crippen molar-refractivity contribution in [3.8, 4) is 0 Å². The van der Waals surface area contributed by atoms with Gasteiger partial charge in [0.25, 0.3) is 11.5 Å². The predicted molar refractivity (Wildman–Crippen MR) is 129 cm³/mol. The van der Waals surface area contributed by atoms with Gasteiger partial charge in [0.2, 0.25) is 0 Å². The average Bonchev–Trinajstić information content (AvgIpc) is 3.21. The fourth-order valence-electron chi connectivity index (χ4n) is 4.63. The number of rotatable bonds is 4.